The van der Waals surface area contributed by atoms with E-state index in [1.807, 2.05) is 6.26 Å². The molecule has 0 N–H and O–H groups in total. The fourth-order valence-electron chi connectivity index (χ4n) is 0.306. The van der Waals surface area contributed by atoms with Crippen LogP contribution in [0.25, 0.3) is 0 Å². The van der Waals surface area contributed by atoms with Crippen molar-refractivity contribution < 1.29 is 4.43 Å². The van der Waals surface area contributed by atoms with Crippen LogP contribution < -0.4 is 0 Å². The van der Waals surface area contributed by atoms with Gasteiger partial charge in [-0.25, -0.2) is 0 Å². The summed E-state index contributed by atoms with van der Waals surface area (Å²) in [6.07, 6.45) is 1.84. The molecule has 0 aromatic rings. The zero-order valence-electron chi connectivity index (χ0n) is 6.56. The van der Waals surface area contributed by atoms with Crippen LogP contribution in [0.4, 0.5) is 0 Å². The Morgan fingerprint density at radius 1 is 1.33 bits per heavy atom. The lowest BCUT2D eigenvalue weighted by Crippen LogP contribution is -2.21. The van der Waals surface area contributed by atoms with Crippen molar-refractivity contribution in [3.63, 3.8) is 0 Å². The molecule has 0 saturated carbocycles. The number of rotatable bonds is 3. The minimum atomic E-state index is -1.28. The first kappa shape index (κ1) is 8.97. The summed E-state index contributed by atoms with van der Waals surface area (Å²) in [5, 5.41) is 0. The third kappa shape index (κ3) is 7.97. The molecule has 9 heavy (non-hydrogen) atoms. The lowest BCUT2D eigenvalue weighted by atomic mass is 11.2. The van der Waals surface area contributed by atoms with Gasteiger partial charge in [0.25, 0.3) is 0 Å². The zero-order chi connectivity index (χ0) is 7.33. The predicted molar refractivity (Wildman–Crippen MR) is 45.2 cm³/mol. The largest absolute Gasteiger partial charge is 0.550 e. The molecule has 0 aromatic heterocycles. The molecule has 3 heteroatoms. The molecule has 0 heterocycles. The van der Waals surface area contributed by atoms with Crippen molar-refractivity contribution in [3.05, 3.63) is 12.0 Å². The second-order valence-electron chi connectivity index (χ2n) is 2.82. The molecule has 0 amide bonds. The molecule has 0 aliphatic rings. The van der Waals surface area contributed by atoms with Gasteiger partial charge in [0.05, 0.1) is 15.8 Å². The van der Waals surface area contributed by atoms with E-state index in [2.05, 4.69) is 31.9 Å². The van der Waals surface area contributed by atoms with Crippen LogP contribution in [-0.4, -0.2) is 17.8 Å². The molecule has 52 valence electrons. The average Bonchev–Trinajstić information content (AvgIpc) is 1.63. The van der Waals surface area contributed by atoms with Gasteiger partial charge in [-0.05, 0) is 19.6 Å². The van der Waals surface area contributed by atoms with Crippen molar-refractivity contribution >= 4 is 17.8 Å². The first-order valence-corrected chi connectivity index (χ1v) is 8.05. The second kappa shape index (κ2) is 3.90. The smallest absolute Gasteiger partial charge is 0.241 e. The van der Waals surface area contributed by atoms with Crippen molar-refractivity contribution in [1.82, 2.24) is 0 Å². The van der Waals surface area contributed by atoms with Crippen LogP contribution in [0.15, 0.2) is 12.0 Å². The van der Waals surface area contributed by atoms with E-state index in [0.29, 0.717) is 0 Å². The summed E-state index contributed by atoms with van der Waals surface area (Å²) in [6.45, 7) is 8.66. The molecule has 0 spiro atoms. The van der Waals surface area contributed by atoms with E-state index in [9.17, 15) is 0 Å². The Morgan fingerprint density at radius 2 is 1.89 bits per heavy atom. The molecule has 2 radical (unpaired) electrons. The minimum absolute atomic E-state index is 0.860. The zero-order valence-corrected chi connectivity index (χ0v) is 8.56. The highest BCUT2D eigenvalue weighted by Gasteiger charge is 2.12. The first-order valence-electron chi connectivity index (χ1n) is 3.06. The Balaban J connectivity index is 3.38. The molecule has 0 saturated heterocycles. The highest BCUT2D eigenvalue weighted by molar-refractivity contribution is 6.69. The van der Waals surface area contributed by atoms with Gasteiger partial charge >= 0.3 is 0 Å². The molecule has 0 bridgehead atoms. The van der Waals surface area contributed by atoms with Gasteiger partial charge in [-0.15, -0.1) is 0 Å². The molecule has 0 unspecified atom stereocenters. The van der Waals surface area contributed by atoms with Gasteiger partial charge < -0.3 is 4.43 Å². The quantitative estimate of drug-likeness (QED) is 0.451. The minimum Gasteiger partial charge on any atom is -0.550 e. The van der Waals surface area contributed by atoms with Crippen LogP contribution in [0.2, 0.25) is 26.2 Å². The van der Waals surface area contributed by atoms with Crippen molar-refractivity contribution in [2.45, 2.75) is 26.2 Å². The summed E-state index contributed by atoms with van der Waals surface area (Å²) in [5.74, 6) is 0. The second-order valence-corrected chi connectivity index (χ2v) is 8.19. The van der Waals surface area contributed by atoms with E-state index in [4.69, 9.17) is 4.43 Å². The van der Waals surface area contributed by atoms with Crippen LogP contribution >= 0.6 is 0 Å². The van der Waals surface area contributed by atoms with Gasteiger partial charge in [0, 0.05) is 0 Å². The Morgan fingerprint density at radius 3 is 2.22 bits per heavy atom. The van der Waals surface area contributed by atoms with Crippen LogP contribution in [0.1, 0.15) is 0 Å². The van der Waals surface area contributed by atoms with E-state index in [-0.39, 0.29) is 0 Å². The molecule has 1 nitrogen and oxygen atoms in total. The van der Waals surface area contributed by atoms with Gasteiger partial charge in [-0.3, -0.25) is 0 Å². The molecular formula is C6H14OSi2. The molecular weight excluding hydrogens is 144 g/mol. The van der Waals surface area contributed by atoms with Gasteiger partial charge in [-0.2, -0.15) is 0 Å². The maximum absolute atomic E-state index is 5.44. The van der Waals surface area contributed by atoms with Gasteiger partial charge in [0.15, 0.2) is 0 Å². The Bertz CT molecular complexity index is 93.7. The SMILES string of the molecule is C[Si]C=CO[Si](C)(C)C. The maximum atomic E-state index is 5.44. The molecule has 0 fully saturated rings. The van der Waals surface area contributed by atoms with E-state index in [1.165, 1.54) is 0 Å². The molecule has 0 aromatic carbocycles. The fourth-order valence-corrected chi connectivity index (χ4v) is 1.12. The third-order valence-electron chi connectivity index (χ3n) is 0.656. The van der Waals surface area contributed by atoms with E-state index < -0.39 is 8.32 Å². The van der Waals surface area contributed by atoms with Gasteiger partial charge in [0.1, 0.15) is 0 Å². The van der Waals surface area contributed by atoms with Crippen molar-refractivity contribution in [3.8, 4) is 0 Å². The Labute approximate surface area is 61.1 Å². The molecule has 0 rings (SSSR count). The summed E-state index contributed by atoms with van der Waals surface area (Å²) in [5.41, 5.74) is 2.07. The van der Waals surface area contributed by atoms with E-state index >= 15 is 0 Å². The highest BCUT2D eigenvalue weighted by Crippen LogP contribution is 2.01. The summed E-state index contributed by atoms with van der Waals surface area (Å²) in [6, 6.07) is 0. The number of hydrogen-bond donors (Lipinski definition) is 0. The summed E-state index contributed by atoms with van der Waals surface area (Å²) < 4.78 is 5.44. The van der Waals surface area contributed by atoms with Crippen LogP contribution in [0, 0.1) is 0 Å². The Hall–Kier alpha value is -0.0262. The van der Waals surface area contributed by atoms with Crippen molar-refractivity contribution in [2.75, 3.05) is 0 Å². The summed E-state index contributed by atoms with van der Waals surface area (Å²) >= 11 is 0. The normalized spacial score (nSPS) is 12.4. The van der Waals surface area contributed by atoms with Gasteiger partial charge in [-0.1, -0.05) is 12.2 Å². The molecule has 0 atom stereocenters. The molecule has 0 aliphatic heterocycles. The standard InChI is InChI=1S/C6H14OSi2/c1-8-6-5-7-9(2,3)4/h5-6H,1-4H3. The van der Waals surface area contributed by atoms with E-state index in [1.54, 1.807) is 0 Å². The monoisotopic (exact) mass is 158 g/mol. The van der Waals surface area contributed by atoms with Crippen LogP contribution in [-0.2, 0) is 4.43 Å². The molecule has 0 aliphatic carbocycles. The van der Waals surface area contributed by atoms with Crippen molar-refractivity contribution in [2.24, 2.45) is 0 Å². The van der Waals surface area contributed by atoms with Gasteiger partial charge in [0.2, 0.25) is 8.32 Å². The van der Waals surface area contributed by atoms with Crippen LogP contribution in [0.5, 0.6) is 0 Å². The summed E-state index contributed by atoms with van der Waals surface area (Å²) in [4.78, 5) is 0. The third-order valence-corrected chi connectivity index (χ3v) is 1.97. The lowest BCUT2D eigenvalue weighted by molar-refractivity contribution is 0.480. The topological polar surface area (TPSA) is 9.23 Å². The lowest BCUT2D eigenvalue weighted by Gasteiger charge is -2.14. The average molecular weight is 158 g/mol. The fraction of sp³-hybridized carbons (Fsp3) is 0.667. The number of hydrogen-bond acceptors (Lipinski definition) is 1. The van der Waals surface area contributed by atoms with Crippen LogP contribution in [0.3, 0.4) is 0 Å². The summed E-state index contributed by atoms with van der Waals surface area (Å²) in [7, 11) is -0.416. The maximum Gasteiger partial charge on any atom is 0.241 e. The Kier molecular flexibility index (Phi) is 3.89. The van der Waals surface area contributed by atoms with Crippen molar-refractivity contribution in [1.29, 1.82) is 0 Å². The first-order chi connectivity index (χ1) is 4.06. The predicted octanol–water partition coefficient (Wildman–Crippen LogP) is 2.06. The highest BCUT2D eigenvalue weighted by atomic mass is 28.4. The van der Waals surface area contributed by atoms with E-state index in [0.717, 1.165) is 9.52 Å².